The van der Waals surface area contributed by atoms with Gasteiger partial charge in [-0.1, -0.05) is 43.3 Å². The van der Waals surface area contributed by atoms with Gasteiger partial charge in [-0.15, -0.1) is 0 Å². The van der Waals surface area contributed by atoms with Gasteiger partial charge in [0.15, 0.2) is 0 Å². The van der Waals surface area contributed by atoms with E-state index < -0.39 is 11.4 Å². The zero-order valence-corrected chi connectivity index (χ0v) is 15.6. The molecule has 0 aliphatic heterocycles. The van der Waals surface area contributed by atoms with Crippen LogP contribution in [0.2, 0.25) is 0 Å². The highest BCUT2D eigenvalue weighted by Gasteiger charge is 2.39. The minimum Gasteiger partial charge on any atom is -0.491 e. The Kier molecular flexibility index (Phi) is 7.37. The summed E-state index contributed by atoms with van der Waals surface area (Å²) in [6.07, 6.45) is 0.354. The molecule has 1 amide bonds. The first kappa shape index (κ1) is 20.5. The first-order chi connectivity index (χ1) is 13.0. The third kappa shape index (κ3) is 5.08. The summed E-state index contributed by atoms with van der Waals surface area (Å²) in [5, 5.41) is 12.6. The van der Waals surface area contributed by atoms with Crippen molar-refractivity contribution < 1.29 is 24.2 Å². The molecule has 0 aliphatic carbocycles. The van der Waals surface area contributed by atoms with Crippen LogP contribution in [0.25, 0.3) is 0 Å². The van der Waals surface area contributed by atoms with Crippen LogP contribution in [0.4, 0.5) is 0 Å². The summed E-state index contributed by atoms with van der Waals surface area (Å²) in [6.45, 7) is 2.63. The molecule has 27 heavy (non-hydrogen) atoms. The molecule has 0 heterocycles. The fourth-order valence-electron chi connectivity index (χ4n) is 2.84. The van der Waals surface area contributed by atoms with E-state index in [-0.39, 0.29) is 12.5 Å². The van der Waals surface area contributed by atoms with Crippen molar-refractivity contribution in [2.45, 2.75) is 18.8 Å². The Balaban J connectivity index is 2.12. The molecule has 2 aromatic rings. The molecule has 0 spiro atoms. The van der Waals surface area contributed by atoms with Gasteiger partial charge in [-0.2, -0.15) is 0 Å². The van der Waals surface area contributed by atoms with Crippen molar-refractivity contribution in [3.63, 3.8) is 0 Å². The monoisotopic (exact) mass is 371 g/mol. The van der Waals surface area contributed by atoms with Gasteiger partial charge >= 0.3 is 5.97 Å². The van der Waals surface area contributed by atoms with E-state index in [1.165, 1.54) is 0 Å². The average Bonchev–Trinajstić information content (AvgIpc) is 2.69. The highest BCUT2D eigenvalue weighted by Crippen LogP contribution is 2.28. The molecular weight excluding hydrogens is 346 g/mol. The smallest absolute Gasteiger partial charge is 0.315 e. The first-order valence-corrected chi connectivity index (χ1v) is 8.82. The lowest BCUT2D eigenvalue weighted by Crippen LogP contribution is -2.46. The number of carboxylic acids is 1. The van der Waals surface area contributed by atoms with E-state index in [4.69, 9.17) is 9.47 Å². The van der Waals surface area contributed by atoms with Crippen LogP contribution >= 0.6 is 0 Å². The SMILES string of the molecule is CCC(CNC(=O)c1cccc(OCCOC)c1)(C(=O)O)c1ccccc1. The lowest BCUT2D eigenvalue weighted by molar-refractivity contribution is -0.143. The second kappa shape index (κ2) is 9.73. The van der Waals surface area contributed by atoms with Crippen LogP contribution in [0, 0.1) is 0 Å². The number of ether oxygens (including phenoxy) is 2. The Bertz CT molecular complexity index is 762. The van der Waals surface area contributed by atoms with Crippen molar-refractivity contribution in [2.24, 2.45) is 0 Å². The fourth-order valence-corrected chi connectivity index (χ4v) is 2.84. The molecule has 0 saturated heterocycles. The van der Waals surface area contributed by atoms with Gasteiger partial charge in [0.05, 0.1) is 6.61 Å². The Morgan fingerprint density at radius 3 is 2.44 bits per heavy atom. The maximum absolute atomic E-state index is 12.6. The van der Waals surface area contributed by atoms with Gasteiger partial charge in [-0.25, -0.2) is 0 Å². The number of amides is 1. The second-order valence-corrected chi connectivity index (χ2v) is 6.16. The molecule has 0 fully saturated rings. The minimum absolute atomic E-state index is 0.00353. The highest BCUT2D eigenvalue weighted by molar-refractivity contribution is 5.95. The summed E-state index contributed by atoms with van der Waals surface area (Å²) >= 11 is 0. The lowest BCUT2D eigenvalue weighted by Gasteiger charge is -2.29. The van der Waals surface area contributed by atoms with E-state index in [1.54, 1.807) is 62.6 Å². The van der Waals surface area contributed by atoms with Gasteiger partial charge in [0.25, 0.3) is 5.91 Å². The second-order valence-electron chi connectivity index (χ2n) is 6.16. The Morgan fingerprint density at radius 1 is 1.07 bits per heavy atom. The van der Waals surface area contributed by atoms with Crippen LogP contribution in [-0.2, 0) is 14.9 Å². The summed E-state index contributed by atoms with van der Waals surface area (Å²) in [7, 11) is 1.59. The third-order valence-electron chi connectivity index (χ3n) is 4.54. The Morgan fingerprint density at radius 2 is 1.81 bits per heavy atom. The topological polar surface area (TPSA) is 84.9 Å². The molecule has 2 rings (SSSR count). The standard InChI is InChI=1S/C21H25NO5/c1-3-21(20(24)25,17-9-5-4-6-10-17)15-22-19(23)16-8-7-11-18(14-16)27-13-12-26-2/h4-11,14H,3,12-13,15H2,1-2H3,(H,22,23)(H,24,25). The van der Waals surface area contributed by atoms with E-state index in [9.17, 15) is 14.7 Å². The summed E-state index contributed by atoms with van der Waals surface area (Å²) < 4.78 is 10.4. The molecule has 2 aromatic carbocycles. The molecule has 0 radical (unpaired) electrons. The Labute approximate surface area is 159 Å². The van der Waals surface area contributed by atoms with Crippen molar-refractivity contribution in [3.8, 4) is 5.75 Å². The number of carbonyl (C=O) groups excluding carboxylic acids is 1. The maximum atomic E-state index is 12.6. The predicted molar refractivity (Wildman–Crippen MR) is 102 cm³/mol. The molecule has 0 aromatic heterocycles. The number of hydrogen-bond donors (Lipinski definition) is 2. The summed E-state index contributed by atoms with van der Waals surface area (Å²) in [5.41, 5.74) is -0.103. The number of benzene rings is 2. The molecule has 0 aliphatic rings. The number of nitrogens with one attached hydrogen (secondary N) is 1. The molecule has 0 bridgehead atoms. The van der Waals surface area contributed by atoms with Gasteiger partial charge in [0, 0.05) is 19.2 Å². The van der Waals surface area contributed by atoms with Gasteiger partial charge in [-0.3, -0.25) is 9.59 Å². The number of methoxy groups -OCH3 is 1. The van der Waals surface area contributed by atoms with Gasteiger partial charge in [-0.05, 0) is 30.2 Å². The van der Waals surface area contributed by atoms with Crippen LogP contribution in [0.3, 0.4) is 0 Å². The molecule has 6 nitrogen and oxygen atoms in total. The van der Waals surface area contributed by atoms with Crippen LogP contribution in [0.1, 0.15) is 29.3 Å². The van der Waals surface area contributed by atoms with E-state index in [0.29, 0.717) is 36.5 Å². The van der Waals surface area contributed by atoms with Crippen molar-refractivity contribution in [2.75, 3.05) is 26.9 Å². The Hall–Kier alpha value is -2.86. The van der Waals surface area contributed by atoms with E-state index in [1.807, 2.05) is 6.07 Å². The van der Waals surface area contributed by atoms with Crippen molar-refractivity contribution in [3.05, 3.63) is 65.7 Å². The van der Waals surface area contributed by atoms with Crippen LogP contribution in [0.15, 0.2) is 54.6 Å². The number of hydrogen-bond acceptors (Lipinski definition) is 4. The van der Waals surface area contributed by atoms with Gasteiger partial charge in [0.1, 0.15) is 17.8 Å². The minimum atomic E-state index is -1.18. The van der Waals surface area contributed by atoms with Crippen molar-refractivity contribution in [1.82, 2.24) is 5.32 Å². The fraction of sp³-hybridized carbons (Fsp3) is 0.333. The van der Waals surface area contributed by atoms with Crippen LogP contribution in [0.5, 0.6) is 5.75 Å². The molecule has 0 saturated carbocycles. The number of aliphatic carboxylic acids is 1. The molecule has 1 unspecified atom stereocenters. The largest absolute Gasteiger partial charge is 0.491 e. The molecule has 1 atom stereocenters. The first-order valence-electron chi connectivity index (χ1n) is 8.82. The zero-order chi connectivity index (χ0) is 19.7. The molecular formula is C21H25NO5. The number of carboxylic acid groups (broad SMARTS) is 1. The lowest BCUT2D eigenvalue weighted by atomic mass is 9.78. The van der Waals surface area contributed by atoms with Gasteiger partial charge < -0.3 is 19.9 Å². The molecule has 144 valence electrons. The van der Waals surface area contributed by atoms with E-state index in [0.717, 1.165) is 0 Å². The van der Waals surface area contributed by atoms with Crippen molar-refractivity contribution >= 4 is 11.9 Å². The zero-order valence-electron chi connectivity index (χ0n) is 15.6. The maximum Gasteiger partial charge on any atom is 0.315 e. The normalized spacial score (nSPS) is 12.8. The van der Waals surface area contributed by atoms with E-state index in [2.05, 4.69) is 5.32 Å². The third-order valence-corrected chi connectivity index (χ3v) is 4.54. The summed E-state index contributed by atoms with van der Waals surface area (Å²) in [5.74, 6) is -0.752. The number of rotatable bonds is 10. The molecule has 6 heteroatoms. The summed E-state index contributed by atoms with van der Waals surface area (Å²) in [6, 6.07) is 15.7. The highest BCUT2D eigenvalue weighted by atomic mass is 16.5. The predicted octanol–water partition coefficient (Wildman–Crippen LogP) is 2.87. The number of carbonyl (C=O) groups is 2. The van der Waals surface area contributed by atoms with Crippen molar-refractivity contribution in [1.29, 1.82) is 0 Å². The average molecular weight is 371 g/mol. The quantitative estimate of drug-likeness (QED) is 0.628. The van der Waals surface area contributed by atoms with Crippen LogP contribution in [-0.4, -0.2) is 43.9 Å². The van der Waals surface area contributed by atoms with E-state index >= 15 is 0 Å². The van der Waals surface area contributed by atoms with Gasteiger partial charge in [0.2, 0.25) is 0 Å². The summed E-state index contributed by atoms with van der Waals surface area (Å²) in [4.78, 5) is 24.6. The van der Waals surface area contributed by atoms with Crippen LogP contribution < -0.4 is 10.1 Å². The molecule has 2 N–H and O–H groups in total.